The summed E-state index contributed by atoms with van der Waals surface area (Å²) >= 11 is 6.08. The second kappa shape index (κ2) is 5.60. The molecule has 1 aliphatic carbocycles. The number of rotatable bonds is 4. The summed E-state index contributed by atoms with van der Waals surface area (Å²) in [7, 11) is 0. The van der Waals surface area contributed by atoms with Gasteiger partial charge >= 0.3 is 0 Å². The number of aliphatic hydroxyl groups is 1. The Labute approximate surface area is 114 Å². The molecule has 2 N–H and O–H groups in total. The lowest BCUT2D eigenvalue weighted by Crippen LogP contribution is -2.39. The maximum absolute atomic E-state index is 10.2. The van der Waals surface area contributed by atoms with Crippen LogP contribution in [0.15, 0.2) is 24.3 Å². The number of hydrogen-bond acceptors (Lipinski definition) is 2. The molecule has 0 saturated heterocycles. The fourth-order valence-electron chi connectivity index (χ4n) is 2.81. The summed E-state index contributed by atoms with van der Waals surface area (Å²) < 4.78 is 0. The van der Waals surface area contributed by atoms with Gasteiger partial charge in [-0.15, -0.1) is 0 Å². The summed E-state index contributed by atoms with van der Waals surface area (Å²) in [4.78, 5) is 0. The van der Waals surface area contributed by atoms with Gasteiger partial charge in [-0.25, -0.2) is 0 Å². The fourth-order valence-corrected chi connectivity index (χ4v) is 3.08. The highest BCUT2D eigenvalue weighted by Gasteiger charge is 2.34. The summed E-state index contributed by atoms with van der Waals surface area (Å²) in [6, 6.07) is 7.99. The molecule has 1 aliphatic rings. The standard InChI is InChI=1S/C15H22ClNO/c1-15(2)9-5-8-14(15)17-10-13(18)11-6-3-4-7-12(11)16/h3-4,6-7,13-14,17-18H,5,8-10H2,1-2H3. The molecule has 0 aliphatic heterocycles. The van der Waals surface area contributed by atoms with Crippen molar-refractivity contribution in [1.29, 1.82) is 0 Å². The van der Waals surface area contributed by atoms with Crippen molar-refractivity contribution in [3.8, 4) is 0 Å². The first kappa shape index (κ1) is 13.9. The van der Waals surface area contributed by atoms with Gasteiger partial charge in [0.25, 0.3) is 0 Å². The van der Waals surface area contributed by atoms with Gasteiger partial charge in [-0.05, 0) is 24.3 Å². The second-order valence-electron chi connectivity index (χ2n) is 5.88. The first-order chi connectivity index (χ1) is 8.50. The number of hydrogen-bond donors (Lipinski definition) is 2. The summed E-state index contributed by atoms with van der Waals surface area (Å²) in [5.74, 6) is 0. The van der Waals surface area contributed by atoms with Crippen molar-refractivity contribution in [3.05, 3.63) is 34.9 Å². The third kappa shape index (κ3) is 3.05. The normalized spacial score (nSPS) is 24.1. The molecule has 1 saturated carbocycles. The van der Waals surface area contributed by atoms with Crippen LogP contribution in [-0.4, -0.2) is 17.7 Å². The molecule has 2 unspecified atom stereocenters. The van der Waals surface area contributed by atoms with E-state index in [-0.39, 0.29) is 0 Å². The fraction of sp³-hybridized carbons (Fsp3) is 0.600. The molecule has 100 valence electrons. The summed E-state index contributed by atoms with van der Waals surface area (Å²) in [6.45, 7) is 5.15. The van der Waals surface area contributed by atoms with Crippen LogP contribution in [0.25, 0.3) is 0 Å². The quantitative estimate of drug-likeness (QED) is 0.875. The molecule has 0 radical (unpaired) electrons. The van der Waals surface area contributed by atoms with E-state index >= 15 is 0 Å². The van der Waals surface area contributed by atoms with Crippen molar-refractivity contribution >= 4 is 11.6 Å². The molecule has 2 nitrogen and oxygen atoms in total. The van der Waals surface area contributed by atoms with E-state index in [2.05, 4.69) is 19.2 Å². The number of benzene rings is 1. The predicted octanol–water partition coefficient (Wildman–Crippen LogP) is 3.54. The average molecular weight is 268 g/mol. The van der Waals surface area contributed by atoms with Crippen LogP contribution in [0.2, 0.25) is 5.02 Å². The summed E-state index contributed by atoms with van der Waals surface area (Å²) in [5, 5.41) is 14.3. The Bertz CT molecular complexity index is 405. The molecule has 0 bridgehead atoms. The number of halogens is 1. The van der Waals surface area contributed by atoms with Crippen LogP contribution >= 0.6 is 11.6 Å². The Morgan fingerprint density at radius 3 is 2.78 bits per heavy atom. The van der Waals surface area contributed by atoms with Crippen molar-refractivity contribution in [2.24, 2.45) is 5.41 Å². The number of aliphatic hydroxyl groups excluding tert-OH is 1. The van der Waals surface area contributed by atoms with Crippen molar-refractivity contribution in [1.82, 2.24) is 5.32 Å². The Morgan fingerprint density at radius 1 is 1.44 bits per heavy atom. The highest BCUT2D eigenvalue weighted by atomic mass is 35.5. The van der Waals surface area contributed by atoms with Crippen LogP contribution in [0, 0.1) is 5.41 Å². The molecule has 18 heavy (non-hydrogen) atoms. The minimum absolute atomic E-state index is 0.334. The Balaban J connectivity index is 1.93. The SMILES string of the molecule is CC1(C)CCCC1NCC(O)c1ccccc1Cl. The molecular weight excluding hydrogens is 246 g/mol. The van der Waals surface area contributed by atoms with Crippen LogP contribution in [0.5, 0.6) is 0 Å². The van der Waals surface area contributed by atoms with Gasteiger partial charge in [-0.1, -0.05) is 50.1 Å². The van der Waals surface area contributed by atoms with Gasteiger partial charge in [-0.3, -0.25) is 0 Å². The molecule has 1 fully saturated rings. The lowest BCUT2D eigenvalue weighted by atomic mass is 9.87. The molecule has 0 heterocycles. The first-order valence-electron chi connectivity index (χ1n) is 6.66. The van der Waals surface area contributed by atoms with Crippen LogP contribution in [0.4, 0.5) is 0 Å². The number of nitrogens with one attached hydrogen (secondary N) is 1. The van der Waals surface area contributed by atoms with E-state index in [1.807, 2.05) is 24.3 Å². The van der Waals surface area contributed by atoms with E-state index in [1.165, 1.54) is 19.3 Å². The Kier molecular flexibility index (Phi) is 4.31. The molecular formula is C15H22ClNO. The van der Waals surface area contributed by atoms with E-state index in [1.54, 1.807) is 0 Å². The van der Waals surface area contributed by atoms with Crippen LogP contribution < -0.4 is 5.32 Å². The van der Waals surface area contributed by atoms with E-state index in [0.29, 0.717) is 23.0 Å². The topological polar surface area (TPSA) is 32.3 Å². The van der Waals surface area contributed by atoms with E-state index < -0.39 is 6.10 Å². The zero-order valence-electron chi connectivity index (χ0n) is 11.1. The van der Waals surface area contributed by atoms with Gasteiger partial charge in [0.1, 0.15) is 0 Å². The zero-order chi connectivity index (χ0) is 13.2. The second-order valence-corrected chi connectivity index (χ2v) is 6.29. The highest BCUT2D eigenvalue weighted by molar-refractivity contribution is 6.31. The van der Waals surface area contributed by atoms with Crippen molar-refractivity contribution in [3.63, 3.8) is 0 Å². The predicted molar refractivity (Wildman–Crippen MR) is 75.8 cm³/mol. The van der Waals surface area contributed by atoms with Gasteiger partial charge in [0.05, 0.1) is 6.10 Å². The lowest BCUT2D eigenvalue weighted by Gasteiger charge is -2.29. The van der Waals surface area contributed by atoms with E-state index in [0.717, 1.165) is 5.56 Å². The van der Waals surface area contributed by atoms with Gasteiger partial charge in [0.15, 0.2) is 0 Å². The smallest absolute Gasteiger partial charge is 0.0928 e. The lowest BCUT2D eigenvalue weighted by molar-refractivity contribution is 0.158. The third-order valence-electron chi connectivity index (χ3n) is 4.08. The highest BCUT2D eigenvalue weighted by Crippen LogP contribution is 2.37. The van der Waals surface area contributed by atoms with Crippen LogP contribution in [0.1, 0.15) is 44.8 Å². The first-order valence-corrected chi connectivity index (χ1v) is 7.04. The van der Waals surface area contributed by atoms with Gasteiger partial charge in [0, 0.05) is 23.2 Å². The summed E-state index contributed by atoms with van der Waals surface area (Å²) in [6.07, 6.45) is 3.19. The minimum atomic E-state index is -0.532. The van der Waals surface area contributed by atoms with Gasteiger partial charge < -0.3 is 10.4 Å². The van der Waals surface area contributed by atoms with Crippen molar-refractivity contribution in [2.75, 3.05) is 6.54 Å². The zero-order valence-corrected chi connectivity index (χ0v) is 11.9. The molecule has 3 heteroatoms. The monoisotopic (exact) mass is 267 g/mol. The molecule has 0 aromatic heterocycles. The Morgan fingerprint density at radius 2 is 2.17 bits per heavy atom. The summed E-state index contributed by atoms with van der Waals surface area (Å²) in [5.41, 5.74) is 1.14. The molecule has 0 amide bonds. The van der Waals surface area contributed by atoms with Crippen LogP contribution in [0.3, 0.4) is 0 Å². The Hall–Kier alpha value is -0.570. The maximum atomic E-state index is 10.2. The van der Waals surface area contributed by atoms with E-state index in [9.17, 15) is 5.11 Å². The molecule has 1 aromatic rings. The molecule has 0 spiro atoms. The molecule has 1 aromatic carbocycles. The van der Waals surface area contributed by atoms with Crippen molar-refractivity contribution in [2.45, 2.75) is 45.3 Å². The van der Waals surface area contributed by atoms with E-state index in [4.69, 9.17) is 11.6 Å². The largest absolute Gasteiger partial charge is 0.387 e. The van der Waals surface area contributed by atoms with Gasteiger partial charge in [0.2, 0.25) is 0 Å². The molecule has 2 atom stereocenters. The third-order valence-corrected chi connectivity index (χ3v) is 4.42. The van der Waals surface area contributed by atoms with Crippen LogP contribution in [-0.2, 0) is 0 Å². The van der Waals surface area contributed by atoms with Gasteiger partial charge in [-0.2, -0.15) is 0 Å². The van der Waals surface area contributed by atoms with Crippen molar-refractivity contribution < 1.29 is 5.11 Å². The minimum Gasteiger partial charge on any atom is -0.387 e. The molecule has 2 rings (SSSR count). The average Bonchev–Trinajstić information content (AvgIpc) is 2.66. The maximum Gasteiger partial charge on any atom is 0.0928 e.